The van der Waals surface area contributed by atoms with Gasteiger partial charge in [0, 0.05) is 10.6 Å². The standard InChI is InChI=1S/C25H19ClN2O5/c1-32-19-10-6-16(7-11-19)14-21-23(29)27-25(31)28(24(21)30)18-8-12-20(13-9-18)33-15-17-4-2-3-5-22(17)26/h2-14H,15H2,1H3,(H,27,29,31)/b21-14-. The normalized spacial score (nSPS) is 14.9. The van der Waals surface area contributed by atoms with E-state index in [-0.39, 0.29) is 12.2 Å². The van der Waals surface area contributed by atoms with E-state index in [1.165, 1.54) is 6.08 Å². The van der Waals surface area contributed by atoms with Gasteiger partial charge in [0.25, 0.3) is 11.8 Å². The minimum Gasteiger partial charge on any atom is -0.497 e. The van der Waals surface area contributed by atoms with E-state index in [1.807, 2.05) is 18.2 Å². The van der Waals surface area contributed by atoms with Gasteiger partial charge in [-0.2, -0.15) is 0 Å². The molecule has 0 unspecified atom stereocenters. The third-order valence-electron chi connectivity index (χ3n) is 4.98. The van der Waals surface area contributed by atoms with Crippen molar-refractivity contribution in [2.45, 2.75) is 6.61 Å². The Morgan fingerprint density at radius 1 is 0.909 bits per heavy atom. The Balaban J connectivity index is 1.52. The minimum absolute atomic E-state index is 0.154. The highest BCUT2D eigenvalue weighted by Gasteiger charge is 2.36. The van der Waals surface area contributed by atoms with Gasteiger partial charge in [0.1, 0.15) is 23.7 Å². The molecule has 1 aliphatic rings. The average Bonchev–Trinajstić information content (AvgIpc) is 2.82. The Bertz CT molecular complexity index is 1240. The SMILES string of the molecule is COc1ccc(/C=C2/C(=O)NC(=O)N(c3ccc(OCc4ccccc4Cl)cc3)C2=O)cc1. The maximum Gasteiger partial charge on any atom is 0.335 e. The molecular weight excluding hydrogens is 444 g/mol. The number of hydrogen-bond donors (Lipinski definition) is 1. The zero-order valence-electron chi connectivity index (χ0n) is 17.6. The van der Waals surface area contributed by atoms with Crippen molar-refractivity contribution < 1.29 is 23.9 Å². The van der Waals surface area contributed by atoms with Gasteiger partial charge in [0.15, 0.2) is 0 Å². The summed E-state index contributed by atoms with van der Waals surface area (Å²) in [6, 6.07) is 19.8. The highest BCUT2D eigenvalue weighted by molar-refractivity contribution is 6.39. The van der Waals surface area contributed by atoms with E-state index in [0.29, 0.717) is 27.8 Å². The summed E-state index contributed by atoms with van der Waals surface area (Å²) in [5.74, 6) is -0.292. The molecule has 0 atom stereocenters. The van der Waals surface area contributed by atoms with Crippen molar-refractivity contribution in [2.24, 2.45) is 0 Å². The van der Waals surface area contributed by atoms with Crippen LogP contribution < -0.4 is 19.7 Å². The van der Waals surface area contributed by atoms with E-state index >= 15 is 0 Å². The van der Waals surface area contributed by atoms with Gasteiger partial charge in [-0.25, -0.2) is 9.69 Å². The van der Waals surface area contributed by atoms with Crippen molar-refractivity contribution in [3.05, 3.63) is 94.5 Å². The number of nitrogens with zero attached hydrogens (tertiary/aromatic N) is 1. The number of hydrogen-bond acceptors (Lipinski definition) is 5. The molecular formula is C25H19ClN2O5. The van der Waals surface area contributed by atoms with E-state index in [9.17, 15) is 14.4 Å². The number of barbiturate groups is 1. The molecule has 0 radical (unpaired) electrons. The lowest BCUT2D eigenvalue weighted by atomic mass is 10.1. The Morgan fingerprint density at radius 2 is 1.58 bits per heavy atom. The number of methoxy groups -OCH3 is 1. The van der Waals surface area contributed by atoms with Crippen LogP contribution in [0.15, 0.2) is 78.4 Å². The molecule has 1 heterocycles. The molecule has 8 heteroatoms. The molecule has 1 aliphatic heterocycles. The summed E-state index contributed by atoms with van der Waals surface area (Å²) in [5.41, 5.74) is 1.60. The second-order valence-electron chi connectivity index (χ2n) is 7.10. The fraction of sp³-hybridized carbons (Fsp3) is 0.0800. The third kappa shape index (κ3) is 4.88. The van der Waals surface area contributed by atoms with Crippen LogP contribution in [0.2, 0.25) is 5.02 Å². The van der Waals surface area contributed by atoms with Crippen molar-refractivity contribution in [1.29, 1.82) is 0 Å². The summed E-state index contributed by atoms with van der Waals surface area (Å²) in [4.78, 5) is 38.7. The molecule has 4 amide bonds. The zero-order chi connectivity index (χ0) is 23.4. The Labute approximate surface area is 195 Å². The van der Waals surface area contributed by atoms with Crippen LogP contribution in [0.1, 0.15) is 11.1 Å². The fourth-order valence-corrected chi connectivity index (χ4v) is 3.42. The highest BCUT2D eigenvalue weighted by atomic mass is 35.5. The average molecular weight is 463 g/mol. The molecule has 1 N–H and O–H groups in total. The number of imide groups is 2. The number of carbonyl (C=O) groups excluding carboxylic acids is 3. The molecule has 0 saturated carbocycles. The lowest BCUT2D eigenvalue weighted by Crippen LogP contribution is -2.54. The lowest BCUT2D eigenvalue weighted by Gasteiger charge is -2.26. The van der Waals surface area contributed by atoms with Crippen molar-refractivity contribution in [3.63, 3.8) is 0 Å². The number of rotatable bonds is 6. The van der Waals surface area contributed by atoms with Gasteiger partial charge in [-0.3, -0.25) is 14.9 Å². The first kappa shape index (κ1) is 22.1. The highest BCUT2D eigenvalue weighted by Crippen LogP contribution is 2.26. The molecule has 0 aromatic heterocycles. The molecule has 166 valence electrons. The summed E-state index contributed by atoms with van der Waals surface area (Å²) in [7, 11) is 1.54. The van der Waals surface area contributed by atoms with Gasteiger partial charge in [-0.1, -0.05) is 41.9 Å². The maximum absolute atomic E-state index is 13.0. The van der Waals surface area contributed by atoms with Crippen LogP contribution >= 0.6 is 11.6 Å². The van der Waals surface area contributed by atoms with Crippen LogP contribution in [-0.2, 0) is 16.2 Å². The van der Waals surface area contributed by atoms with Gasteiger partial charge in [-0.05, 0) is 54.1 Å². The quantitative estimate of drug-likeness (QED) is 0.427. The molecule has 1 fully saturated rings. The number of carbonyl (C=O) groups is 3. The van der Waals surface area contributed by atoms with E-state index in [1.54, 1.807) is 61.7 Å². The fourth-order valence-electron chi connectivity index (χ4n) is 3.23. The van der Waals surface area contributed by atoms with E-state index in [2.05, 4.69) is 5.32 Å². The van der Waals surface area contributed by atoms with Crippen molar-refractivity contribution in [2.75, 3.05) is 12.0 Å². The van der Waals surface area contributed by atoms with Crippen molar-refractivity contribution >= 4 is 41.2 Å². The molecule has 0 spiro atoms. The molecule has 33 heavy (non-hydrogen) atoms. The topological polar surface area (TPSA) is 84.9 Å². The molecule has 0 aliphatic carbocycles. The Hall–Kier alpha value is -4.10. The van der Waals surface area contributed by atoms with Crippen LogP contribution in [0.5, 0.6) is 11.5 Å². The number of anilines is 1. The van der Waals surface area contributed by atoms with E-state index in [4.69, 9.17) is 21.1 Å². The van der Waals surface area contributed by atoms with E-state index in [0.717, 1.165) is 10.5 Å². The molecule has 4 rings (SSSR count). The smallest absolute Gasteiger partial charge is 0.335 e. The zero-order valence-corrected chi connectivity index (χ0v) is 18.3. The van der Waals surface area contributed by atoms with Gasteiger partial charge in [0.2, 0.25) is 0 Å². The Morgan fingerprint density at radius 3 is 2.24 bits per heavy atom. The minimum atomic E-state index is -0.818. The second kappa shape index (κ2) is 9.58. The summed E-state index contributed by atoms with van der Waals surface area (Å²) < 4.78 is 10.9. The number of benzene rings is 3. The second-order valence-corrected chi connectivity index (χ2v) is 7.51. The monoisotopic (exact) mass is 462 g/mol. The third-order valence-corrected chi connectivity index (χ3v) is 5.34. The van der Waals surface area contributed by atoms with Crippen molar-refractivity contribution in [1.82, 2.24) is 5.32 Å². The molecule has 1 saturated heterocycles. The number of urea groups is 1. The van der Waals surface area contributed by atoms with Crippen LogP contribution in [0.3, 0.4) is 0 Å². The molecule has 3 aromatic carbocycles. The predicted molar refractivity (Wildman–Crippen MR) is 124 cm³/mol. The largest absolute Gasteiger partial charge is 0.497 e. The van der Waals surface area contributed by atoms with Gasteiger partial charge < -0.3 is 9.47 Å². The van der Waals surface area contributed by atoms with Gasteiger partial charge in [0.05, 0.1) is 12.8 Å². The summed E-state index contributed by atoms with van der Waals surface area (Å²) in [5, 5.41) is 2.81. The van der Waals surface area contributed by atoms with Crippen molar-refractivity contribution in [3.8, 4) is 11.5 Å². The first-order valence-corrected chi connectivity index (χ1v) is 10.4. The summed E-state index contributed by atoms with van der Waals surface area (Å²) in [6.45, 7) is 0.269. The van der Waals surface area contributed by atoms with E-state index < -0.39 is 17.8 Å². The van der Waals surface area contributed by atoms with Crippen LogP contribution in [0.25, 0.3) is 6.08 Å². The molecule has 3 aromatic rings. The molecule has 7 nitrogen and oxygen atoms in total. The van der Waals surface area contributed by atoms with Gasteiger partial charge in [-0.15, -0.1) is 0 Å². The predicted octanol–water partition coefficient (Wildman–Crippen LogP) is 4.59. The van der Waals surface area contributed by atoms with Crippen LogP contribution in [-0.4, -0.2) is 25.0 Å². The van der Waals surface area contributed by atoms with Gasteiger partial charge >= 0.3 is 6.03 Å². The number of ether oxygens (including phenoxy) is 2. The Kier molecular flexibility index (Phi) is 6.42. The first-order chi connectivity index (χ1) is 16.0. The number of nitrogens with one attached hydrogen (secondary N) is 1. The maximum atomic E-state index is 13.0. The summed E-state index contributed by atoms with van der Waals surface area (Å²) in [6.07, 6.45) is 1.43. The first-order valence-electron chi connectivity index (χ1n) is 9.98. The van der Waals surface area contributed by atoms with Crippen LogP contribution in [0.4, 0.5) is 10.5 Å². The molecule has 0 bridgehead atoms. The lowest BCUT2D eigenvalue weighted by molar-refractivity contribution is -0.122. The summed E-state index contributed by atoms with van der Waals surface area (Å²) >= 11 is 6.14. The number of halogens is 1. The number of amides is 4. The van der Waals surface area contributed by atoms with Crippen LogP contribution in [0, 0.1) is 0 Å².